The van der Waals surface area contributed by atoms with E-state index in [4.69, 9.17) is 9.47 Å². The number of aryl methyl sites for hydroxylation is 1. The van der Waals surface area contributed by atoms with Crippen molar-refractivity contribution >= 4 is 33.0 Å². The van der Waals surface area contributed by atoms with Crippen molar-refractivity contribution in [2.75, 3.05) is 50.9 Å². The second kappa shape index (κ2) is 10.1. The number of halogens is 1. The molecule has 4 rings (SSSR count). The first-order valence-corrected chi connectivity index (χ1v) is 13.5. The van der Waals surface area contributed by atoms with Gasteiger partial charge in [-0.25, -0.2) is 22.5 Å². The zero-order chi connectivity index (χ0) is 24.3. The monoisotopic (exact) mass is 512 g/mol. The highest BCUT2D eigenvalue weighted by atomic mass is 32.2. The molecule has 9 nitrogen and oxygen atoms in total. The molecule has 0 atom stereocenters. The number of ether oxygens (including phenoxy) is 2. The van der Waals surface area contributed by atoms with E-state index in [1.54, 1.807) is 12.1 Å². The first kappa shape index (κ1) is 24.8. The summed E-state index contributed by atoms with van der Waals surface area (Å²) in [5.41, 5.74) is 0.567. The van der Waals surface area contributed by atoms with Crippen molar-refractivity contribution in [3.8, 4) is 5.19 Å². The van der Waals surface area contributed by atoms with Crippen LogP contribution in [0.15, 0.2) is 22.4 Å². The number of amides is 1. The zero-order valence-corrected chi connectivity index (χ0v) is 20.9. The van der Waals surface area contributed by atoms with Crippen molar-refractivity contribution in [2.24, 2.45) is 0 Å². The highest BCUT2D eigenvalue weighted by Gasteiger charge is 2.34. The number of nitrogens with zero attached hydrogens (tertiary/aromatic N) is 2. The number of rotatable bonds is 7. The lowest BCUT2D eigenvalue weighted by Crippen LogP contribution is -2.44. The molecule has 2 aromatic rings. The van der Waals surface area contributed by atoms with Crippen molar-refractivity contribution in [1.82, 2.24) is 15.0 Å². The average molecular weight is 513 g/mol. The van der Waals surface area contributed by atoms with Gasteiger partial charge < -0.3 is 19.7 Å². The van der Waals surface area contributed by atoms with Crippen molar-refractivity contribution in [2.45, 2.75) is 36.6 Å². The molecule has 2 fully saturated rings. The van der Waals surface area contributed by atoms with Crippen molar-refractivity contribution in [3.63, 3.8) is 0 Å². The second-order valence-corrected chi connectivity index (χ2v) is 11.4. The Morgan fingerprint density at radius 3 is 2.71 bits per heavy atom. The lowest BCUT2D eigenvalue weighted by Gasteiger charge is -2.31. The highest BCUT2D eigenvalue weighted by Crippen LogP contribution is 2.32. The predicted octanol–water partition coefficient (Wildman–Crippen LogP) is 2.19. The standard InChI is InChI=1S/C22H29FN4O5S2/c1-15-17(4-3-5-18(15)27-10-8-24-9-11-27)19(28)26-34(29,30)20-16(2)25-21(33-20)32-14-22(23)6-12-31-13-7-22/h3-5,24H,6-14H2,1-2H3,(H,26,28). The molecule has 0 saturated carbocycles. The van der Waals surface area contributed by atoms with Gasteiger partial charge in [0.05, 0.1) is 5.69 Å². The Labute approximate surface area is 202 Å². The minimum absolute atomic E-state index is 0.0470. The molecule has 1 amide bonds. The molecule has 1 aromatic carbocycles. The van der Waals surface area contributed by atoms with Crippen molar-refractivity contribution in [1.29, 1.82) is 0 Å². The Bertz CT molecular complexity index is 1140. The molecule has 1 aromatic heterocycles. The Kier molecular flexibility index (Phi) is 7.41. The molecule has 34 heavy (non-hydrogen) atoms. The van der Waals surface area contributed by atoms with E-state index in [9.17, 15) is 17.6 Å². The van der Waals surface area contributed by atoms with E-state index in [-0.39, 0.29) is 40.1 Å². The van der Waals surface area contributed by atoms with Crippen LogP contribution in [-0.2, 0) is 14.8 Å². The molecule has 186 valence electrons. The Hall–Kier alpha value is -2.28. The number of alkyl halides is 1. The molecule has 0 radical (unpaired) electrons. The topological polar surface area (TPSA) is 110 Å². The predicted molar refractivity (Wildman–Crippen MR) is 127 cm³/mol. The summed E-state index contributed by atoms with van der Waals surface area (Å²) < 4.78 is 53.4. The maximum absolute atomic E-state index is 14.8. The van der Waals surface area contributed by atoms with Crippen LogP contribution in [0.25, 0.3) is 0 Å². The van der Waals surface area contributed by atoms with Crippen LogP contribution in [0.1, 0.15) is 34.5 Å². The lowest BCUT2D eigenvalue weighted by molar-refractivity contribution is -0.0324. The number of nitrogens with one attached hydrogen (secondary N) is 2. The third kappa shape index (κ3) is 5.51. The molecule has 0 bridgehead atoms. The average Bonchev–Trinajstić information content (AvgIpc) is 3.20. The number of piperazine rings is 1. The van der Waals surface area contributed by atoms with Crippen LogP contribution in [0.4, 0.5) is 10.1 Å². The van der Waals surface area contributed by atoms with E-state index in [0.29, 0.717) is 18.8 Å². The molecule has 2 saturated heterocycles. The first-order chi connectivity index (χ1) is 16.2. The fourth-order valence-electron chi connectivity index (χ4n) is 4.08. The molecule has 0 spiro atoms. The number of anilines is 1. The van der Waals surface area contributed by atoms with Gasteiger partial charge in [0.2, 0.25) is 0 Å². The largest absolute Gasteiger partial charge is 0.467 e. The third-order valence-electron chi connectivity index (χ3n) is 6.06. The van der Waals surface area contributed by atoms with E-state index in [0.717, 1.165) is 43.2 Å². The van der Waals surface area contributed by atoms with Gasteiger partial charge in [-0.1, -0.05) is 17.4 Å². The van der Waals surface area contributed by atoms with Crippen LogP contribution in [0.2, 0.25) is 0 Å². The summed E-state index contributed by atoms with van der Waals surface area (Å²) in [4.78, 5) is 19.2. The maximum atomic E-state index is 14.8. The molecule has 0 aliphatic carbocycles. The Balaban J connectivity index is 1.47. The molecule has 2 aliphatic heterocycles. The normalized spacial score (nSPS) is 18.5. The number of thiazole rings is 1. The van der Waals surface area contributed by atoms with Gasteiger partial charge in [0.15, 0.2) is 4.21 Å². The first-order valence-electron chi connectivity index (χ1n) is 11.2. The van der Waals surface area contributed by atoms with E-state index in [1.807, 2.05) is 13.0 Å². The Morgan fingerprint density at radius 1 is 1.29 bits per heavy atom. The van der Waals surface area contributed by atoms with Crippen molar-refractivity contribution in [3.05, 3.63) is 35.0 Å². The van der Waals surface area contributed by atoms with E-state index >= 15 is 0 Å². The minimum atomic E-state index is -4.19. The van der Waals surface area contributed by atoms with Gasteiger partial charge in [0.25, 0.3) is 21.1 Å². The van der Waals surface area contributed by atoms with E-state index < -0.39 is 21.6 Å². The summed E-state index contributed by atoms with van der Waals surface area (Å²) in [7, 11) is -4.19. The van der Waals surface area contributed by atoms with Crippen LogP contribution in [0.3, 0.4) is 0 Å². The van der Waals surface area contributed by atoms with Gasteiger partial charge in [-0.05, 0) is 31.5 Å². The molecular formula is C22H29FN4O5S2. The van der Waals surface area contributed by atoms with Crippen molar-refractivity contribution < 1.29 is 27.1 Å². The van der Waals surface area contributed by atoms with Crippen LogP contribution in [0.5, 0.6) is 5.19 Å². The molecule has 2 aliphatic rings. The smallest absolute Gasteiger partial charge is 0.275 e. The van der Waals surface area contributed by atoms with Gasteiger partial charge >= 0.3 is 0 Å². The van der Waals surface area contributed by atoms with E-state index in [1.165, 1.54) is 6.92 Å². The van der Waals surface area contributed by atoms with Gasteiger partial charge in [0, 0.05) is 63.5 Å². The SMILES string of the molecule is Cc1nc(OCC2(F)CCOCC2)sc1S(=O)(=O)NC(=O)c1cccc(N2CCNCC2)c1C. The van der Waals surface area contributed by atoms with Gasteiger partial charge in [0.1, 0.15) is 12.3 Å². The third-order valence-corrected chi connectivity index (χ3v) is 9.07. The number of sulfonamides is 1. The van der Waals surface area contributed by atoms with Crippen LogP contribution in [0, 0.1) is 13.8 Å². The van der Waals surface area contributed by atoms with Crippen LogP contribution in [-0.4, -0.2) is 71.0 Å². The molecular weight excluding hydrogens is 483 g/mol. The summed E-state index contributed by atoms with van der Waals surface area (Å²) in [6.45, 7) is 7.03. The molecule has 2 N–H and O–H groups in total. The summed E-state index contributed by atoms with van der Waals surface area (Å²) in [5, 5.41) is 3.33. The summed E-state index contributed by atoms with van der Waals surface area (Å²) in [6.07, 6.45) is 0.426. The quantitative estimate of drug-likeness (QED) is 0.581. The summed E-state index contributed by atoms with van der Waals surface area (Å²) >= 11 is 0.772. The van der Waals surface area contributed by atoms with E-state index in [2.05, 4.69) is 19.9 Å². The summed E-state index contributed by atoms with van der Waals surface area (Å²) in [5.74, 6) is -0.713. The number of benzene rings is 1. The number of hydrogen-bond donors (Lipinski definition) is 2. The number of carbonyl (C=O) groups excluding carboxylic acids is 1. The minimum Gasteiger partial charge on any atom is -0.467 e. The Morgan fingerprint density at radius 2 is 2.00 bits per heavy atom. The highest BCUT2D eigenvalue weighted by molar-refractivity contribution is 7.92. The van der Waals surface area contributed by atoms with Gasteiger partial charge in [-0.3, -0.25) is 4.79 Å². The number of hydrogen-bond acceptors (Lipinski definition) is 9. The molecule has 3 heterocycles. The second-order valence-electron chi connectivity index (χ2n) is 8.53. The van der Waals surface area contributed by atoms with Crippen LogP contribution >= 0.6 is 11.3 Å². The molecule has 12 heteroatoms. The number of aromatic nitrogens is 1. The summed E-state index contributed by atoms with van der Waals surface area (Å²) in [6, 6.07) is 5.28. The zero-order valence-electron chi connectivity index (χ0n) is 19.2. The van der Waals surface area contributed by atoms with Crippen LogP contribution < -0.4 is 19.7 Å². The van der Waals surface area contributed by atoms with Gasteiger partial charge in [-0.2, -0.15) is 0 Å². The lowest BCUT2D eigenvalue weighted by atomic mass is 9.98. The van der Waals surface area contributed by atoms with Gasteiger partial charge in [-0.15, -0.1) is 0 Å². The fourth-order valence-corrected chi connectivity index (χ4v) is 6.39. The molecule has 0 unspecified atom stereocenters. The maximum Gasteiger partial charge on any atom is 0.275 e. The number of carbonyl (C=O) groups is 1. The fraction of sp³-hybridized carbons (Fsp3) is 0.545.